The number of hydrogen-bond donors (Lipinski definition) is 3. The Hall–Kier alpha value is -1.97. The molecule has 0 radical (unpaired) electrons. The average molecular weight is 383 g/mol. The van der Waals surface area contributed by atoms with Crippen LogP contribution in [0.3, 0.4) is 0 Å². The number of carboxylic acid groups (broad SMARTS) is 1. The fraction of sp³-hybridized carbons (Fsp3) is 0.588. The normalized spacial score (nSPS) is 15.4. The molecular weight excluding hydrogens is 358 g/mol. The van der Waals surface area contributed by atoms with Gasteiger partial charge >= 0.3 is 11.8 Å². The van der Waals surface area contributed by atoms with Crippen LogP contribution in [0.5, 0.6) is 0 Å². The molecule has 0 aliphatic carbocycles. The largest absolute Gasteiger partial charge is 0.545 e. The fourth-order valence-corrected chi connectivity index (χ4v) is 3.86. The van der Waals surface area contributed by atoms with Gasteiger partial charge in [0.1, 0.15) is 5.00 Å². The summed E-state index contributed by atoms with van der Waals surface area (Å²) in [5, 5.41) is 16.7. The molecule has 0 bridgehead atoms. The number of hydrogen-bond acceptors (Lipinski definition) is 6. The van der Waals surface area contributed by atoms with E-state index < -0.39 is 23.4 Å². The van der Waals surface area contributed by atoms with E-state index in [0.717, 1.165) is 29.2 Å². The summed E-state index contributed by atoms with van der Waals surface area (Å²) in [5.41, 5.74) is 0.0559. The third-order valence-electron chi connectivity index (χ3n) is 4.06. The summed E-state index contributed by atoms with van der Waals surface area (Å²) in [6.45, 7) is 5.25. The average Bonchev–Trinajstić information content (AvgIpc) is 2.86. The molecule has 9 heteroatoms. The van der Waals surface area contributed by atoms with Gasteiger partial charge in [0, 0.05) is 29.8 Å². The SMILES string of the molecule is C[NH+](C)CCCNC(=O)C(=O)Nc1sc2c(c1C(=O)[O-])CC(C)(C)OC2. The molecule has 0 spiro atoms. The molecule has 2 rings (SSSR count). The molecule has 0 saturated carbocycles. The molecule has 0 atom stereocenters. The Labute approximate surface area is 156 Å². The zero-order chi connectivity index (χ0) is 19.5. The van der Waals surface area contributed by atoms with Crippen LogP contribution in [-0.4, -0.2) is 50.6 Å². The van der Waals surface area contributed by atoms with Crippen molar-refractivity contribution in [2.45, 2.75) is 38.9 Å². The monoisotopic (exact) mass is 383 g/mol. The fourth-order valence-electron chi connectivity index (χ4n) is 2.74. The van der Waals surface area contributed by atoms with Crippen LogP contribution in [0.25, 0.3) is 0 Å². The van der Waals surface area contributed by atoms with E-state index in [-0.39, 0.29) is 17.2 Å². The molecule has 8 nitrogen and oxygen atoms in total. The second-order valence-corrected chi connectivity index (χ2v) is 8.35. The lowest BCUT2D eigenvalue weighted by atomic mass is 9.93. The summed E-state index contributed by atoms with van der Waals surface area (Å²) in [5.74, 6) is -3.04. The van der Waals surface area contributed by atoms with Crippen molar-refractivity contribution in [2.24, 2.45) is 0 Å². The molecular formula is C17H25N3O5S. The van der Waals surface area contributed by atoms with Gasteiger partial charge in [-0.2, -0.15) is 0 Å². The van der Waals surface area contributed by atoms with Gasteiger partial charge in [0.25, 0.3) is 0 Å². The highest BCUT2D eigenvalue weighted by atomic mass is 32.1. The summed E-state index contributed by atoms with van der Waals surface area (Å²) in [6, 6.07) is 0. The summed E-state index contributed by atoms with van der Waals surface area (Å²) < 4.78 is 5.68. The first-order chi connectivity index (χ1) is 12.1. The Morgan fingerprint density at radius 2 is 1.96 bits per heavy atom. The van der Waals surface area contributed by atoms with Crippen molar-refractivity contribution in [2.75, 3.05) is 32.5 Å². The van der Waals surface area contributed by atoms with Crippen molar-refractivity contribution in [1.82, 2.24) is 5.32 Å². The van der Waals surface area contributed by atoms with E-state index in [1.54, 1.807) is 0 Å². The number of nitrogens with one attached hydrogen (secondary N) is 3. The zero-order valence-electron chi connectivity index (χ0n) is 15.5. The minimum absolute atomic E-state index is 0.0567. The number of fused-ring (bicyclic) bond motifs is 1. The van der Waals surface area contributed by atoms with Gasteiger partial charge in [-0.1, -0.05) is 0 Å². The number of amides is 2. The predicted molar refractivity (Wildman–Crippen MR) is 95.2 cm³/mol. The Balaban J connectivity index is 2.07. The van der Waals surface area contributed by atoms with Crippen LogP contribution in [-0.2, 0) is 27.4 Å². The Morgan fingerprint density at radius 3 is 2.58 bits per heavy atom. The van der Waals surface area contributed by atoms with Gasteiger partial charge in [-0.05, 0) is 19.4 Å². The molecule has 1 aliphatic heterocycles. The third-order valence-corrected chi connectivity index (χ3v) is 5.18. The van der Waals surface area contributed by atoms with Gasteiger partial charge in [-0.15, -0.1) is 11.3 Å². The summed E-state index contributed by atoms with van der Waals surface area (Å²) in [6.07, 6.45) is 1.14. The number of anilines is 1. The molecule has 0 aromatic carbocycles. The lowest BCUT2D eigenvalue weighted by Crippen LogP contribution is -3.05. The molecule has 2 heterocycles. The maximum atomic E-state index is 12.1. The first-order valence-electron chi connectivity index (χ1n) is 8.49. The molecule has 0 saturated heterocycles. The second kappa shape index (κ2) is 8.15. The highest BCUT2D eigenvalue weighted by Gasteiger charge is 2.32. The summed E-state index contributed by atoms with van der Waals surface area (Å²) in [4.78, 5) is 37.6. The lowest BCUT2D eigenvalue weighted by molar-refractivity contribution is -0.858. The number of quaternary nitrogens is 1. The van der Waals surface area contributed by atoms with Gasteiger partial charge < -0.3 is 30.2 Å². The van der Waals surface area contributed by atoms with Crippen molar-refractivity contribution >= 4 is 34.1 Å². The maximum Gasteiger partial charge on any atom is 0.314 e. The van der Waals surface area contributed by atoms with Crippen molar-refractivity contribution in [1.29, 1.82) is 0 Å². The molecule has 144 valence electrons. The maximum absolute atomic E-state index is 12.1. The molecule has 1 aromatic heterocycles. The van der Waals surface area contributed by atoms with Crippen LogP contribution >= 0.6 is 11.3 Å². The third kappa shape index (κ3) is 5.03. The van der Waals surface area contributed by atoms with E-state index in [2.05, 4.69) is 10.6 Å². The number of carboxylic acids is 1. The van der Waals surface area contributed by atoms with E-state index in [9.17, 15) is 19.5 Å². The highest BCUT2D eigenvalue weighted by Crippen LogP contribution is 2.40. The van der Waals surface area contributed by atoms with Crippen molar-refractivity contribution in [3.8, 4) is 0 Å². The lowest BCUT2D eigenvalue weighted by Gasteiger charge is -2.30. The quantitative estimate of drug-likeness (QED) is 0.411. The number of ether oxygens (including phenoxy) is 1. The van der Waals surface area contributed by atoms with E-state index in [1.165, 1.54) is 4.90 Å². The van der Waals surface area contributed by atoms with Gasteiger partial charge in [0.15, 0.2) is 0 Å². The van der Waals surface area contributed by atoms with Crippen molar-refractivity contribution in [3.05, 3.63) is 16.0 Å². The van der Waals surface area contributed by atoms with Crippen molar-refractivity contribution < 1.29 is 29.1 Å². The predicted octanol–water partition coefficient (Wildman–Crippen LogP) is -1.45. The number of thiophene rings is 1. The highest BCUT2D eigenvalue weighted by molar-refractivity contribution is 7.17. The van der Waals surface area contributed by atoms with Gasteiger partial charge in [0.2, 0.25) is 0 Å². The van der Waals surface area contributed by atoms with Crippen molar-refractivity contribution in [3.63, 3.8) is 0 Å². The number of carbonyl (C=O) groups excluding carboxylic acids is 3. The first-order valence-corrected chi connectivity index (χ1v) is 9.30. The molecule has 0 fully saturated rings. The van der Waals surface area contributed by atoms with E-state index in [1.807, 2.05) is 27.9 Å². The Morgan fingerprint density at radius 1 is 1.27 bits per heavy atom. The molecule has 0 unspecified atom stereocenters. The van der Waals surface area contributed by atoms with Crippen LogP contribution in [0.1, 0.15) is 41.1 Å². The Kier molecular flexibility index (Phi) is 6.38. The topological polar surface area (TPSA) is 112 Å². The summed E-state index contributed by atoms with van der Waals surface area (Å²) >= 11 is 1.11. The summed E-state index contributed by atoms with van der Waals surface area (Å²) in [7, 11) is 4.00. The smallest absolute Gasteiger partial charge is 0.314 e. The number of aromatic carboxylic acids is 1. The molecule has 26 heavy (non-hydrogen) atoms. The van der Waals surface area contributed by atoms with E-state index in [4.69, 9.17) is 4.74 Å². The van der Waals surface area contributed by atoms with Gasteiger partial charge in [0.05, 0.1) is 38.8 Å². The van der Waals surface area contributed by atoms with Crippen LogP contribution in [0.15, 0.2) is 0 Å². The standard InChI is InChI=1S/C17H25N3O5S/c1-17(2)8-10-11(9-25-17)26-15(12(10)16(23)24)19-14(22)13(21)18-6-5-7-20(3)4/h5-9H2,1-4H3,(H,18,21)(H,19,22)(H,23,24). The van der Waals surface area contributed by atoms with Crippen LogP contribution in [0, 0.1) is 0 Å². The van der Waals surface area contributed by atoms with Crippen LogP contribution < -0.4 is 20.6 Å². The van der Waals surface area contributed by atoms with E-state index in [0.29, 0.717) is 18.5 Å². The molecule has 1 aliphatic rings. The second-order valence-electron chi connectivity index (χ2n) is 7.24. The van der Waals surface area contributed by atoms with Gasteiger partial charge in [-0.25, -0.2) is 0 Å². The number of carbonyl (C=O) groups is 3. The first kappa shape index (κ1) is 20.3. The van der Waals surface area contributed by atoms with Crippen LogP contribution in [0.2, 0.25) is 0 Å². The molecule has 2 amide bonds. The van der Waals surface area contributed by atoms with Gasteiger partial charge in [-0.3, -0.25) is 9.59 Å². The zero-order valence-corrected chi connectivity index (χ0v) is 16.3. The minimum atomic E-state index is -1.37. The molecule has 3 N–H and O–H groups in total. The minimum Gasteiger partial charge on any atom is -0.545 e. The van der Waals surface area contributed by atoms with E-state index >= 15 is 0 Å². The Bertz CT molecular complexity index is 711. The van der Waals surface area contributed by atoms with Crippen LogP contribution in [0.4, 0.5) is 5.00 Å². The number of rotatable bonds is 6. The molecule has 1 aromatic rings.